The zero-order valence-corrected chi connectivity index (χ0v) is 7.54. The topological polar surface area (TPSA) is 0 Å². The average molecular weight is 238 g/mol. The molecule has 2 heteroatoms. The van der Waals surface area contributed by atoms with Crippen LogP contribution < -0.4 is 0 Å². The van der Waals surface area contributed by atoms with E-state index in [2.05, 4.69) is 14.2 Å². The summed E-state index contributed by atoms with van der Waals surface area (Å²) >= 11 is 1.80. The minimum absolute atomic E-state index is 0.308. The molecule has 0 aromatic rings. The van der Waals surface area contributed by atoms with Gasteiger partial charge in [0.25, 0.3) is 0 Å². The molecule has 0 atom stereocenters. The van der Waals surface area contributed by atoms with Gasteiger partial charge in [0, 0.05) is 0 Å². The fraction of sp³-hybridized carbons (Fsp3) is 0. The molecule has 0 aromatic carbocycles. The third-order valence-electron chi connectivity index (χ3n) is 0.180. The Bertz CT molecular complexity index is 48.9. The van der Waals surface area contributed by atoms with Gasteiger partial charge >= 0.3 is 52.5 Å². The van der Waals surface area contributed by atoms with Crippen LogP contribution in [0.15, 0.2) is 8.89 Å². The van der Waals surface area contributed by atoms with E-state index in [1.807, 2.05) is 0 Å². The van der Waals surface area contributed by atoms with E-state index < -0.39 is 0 Å². The summed E-state index contributed by atoms with van der Waals surface area (Å²) in [5.41, 5.74) is 0. The van der Waals surface area contributed by atoms with Gasteiger partial charge in [0.15, 0.2) is 0 Å². The van der Waals surface area contributed by atoms with Crippen LogP contribution in [0.25, 0.3) is 0 Å². The van der Waals surface area contributed by atoms with Gasteiger partial charge in [-0.05, 0) is 0 Å². The van der Waals surface area contributed by atoms with Crippen LogP contribution >= 0.6 is 0 Å². The van der Waals surface area contributed by atoms with Crippen molar-refractivity contribution in [3.8, 4) is 0 Å². The van der Waals surface area contributed by atoms with Crippen molar-refractivity contribution >= 4 is 43.6 Å². The van der Waals surface area contributed by atoms with Gasteiger partial charge in [-0.3, -0.25) is 0 Å². The second kappa shape index (κ2) is 4.99. The Morgan fingerprint density at radius 3 is 2.40 bits per heavy atom. The molecule has 0 nitrogen and oxygen atoms in total. The van der Waals surface area contributed by atoms with Gasteiger partial charge in [-0.25, -0.2) is 0 Å². The molecule has 0 amide bonds. The first-order valence-corrected chi connectivity index (χ1v) is 5.25. The first-order chi connectivity index (χ1) is 2.41. The zero-order chi connectivity index (χ0) is 4.12. The molecule has 0 aromatic heterocycles. The second-order valence-corrected chi connectivity index (χ2v) is 2.84. The summed E-state index contributed by atoms with van der Waals surface area (Å²) in [5, 5.41) is 3.70. The number of hydrogen-bond donors (Lipinski definition) is 0. The van der Waals surface area contributed by atoms with Crippen LogP contribution in [0, 0.1) is 0 Å². The second-order valence-electron chi connectivity index (χ2n) is 0.498. The molecule has 0 aliphatic carbocycles. The monoisotopic (exact) mass is 237 g/mol. The van der Waals surface area contributed by atoms with Gasteiger partial charge in [-0.1, -0.05) is 0 Å². The SMILES string of the molecule is C=[As]C=[CH][SbH]. The van der Waals surface area contributed by atoms with Crippen molar-refractivity contribution in [2.24, 2.45) is 0 Å². The Kier molecular flexibility index (Phi) is 5.97. The van der Waals surface area contributed by atoms with Crippen molar-refractivity contribution in [2.75, 3.05) is 0 Å². The molecule has 0 spiro atoms. The standard InChI is InChI=1S/C3H4As.Sb.H/c1-3-4-2;;/h1,3H,2H2;;. The molecular formula is C3H5AsSb. The molecule has 27 valence electrons. The van der Waals surface area contributed by atoms with Gasteiger partial charge in [-0.15, -0.1) is 0 Å². The molecular weight excluding hydrogens is 233 g/mol. The molecule has 5 heavy (non-hydrogen) atoms. The number of hydrogen-bond acceptors (Lipinski definition) is 0. The summed E-state index contributed by atoms with van der Waals surface area (Å²) in [5.74, 6) is 0. The van der Waals surface area contributed by atoms with E-state index in [0.29, 0.717) is 15.3 Å². The summed E-state index contributed by atoms with van der Waals surface area (Å²) in [4.78, 5) is 2.15. The van der Waals surface area contributed by atoms with E-state index in [-0.39, 0.29) is 0 Å². The summed E-state index contributed by atoms with van der Waals surface area (Å²) < 4.78 is 2.12. The summed E-state index contributed by atoms with van der Waals surface area (Å²) in [6, 6.07) is 0. The van der Waals surface area contributed by atoms with Crippen LogP contribution in [0.5, 0.6) is 0 Å². The summed E-state index contributed by atoms with van der Waals surface area (Å²) in [7, 11) is 0. The van der Waals surface area contributed by atoms with Crippen molar-refractivity contribution in [3.05, 3.63) is 8.89 Å². The average Bonchev–Trinajstić information content (AvgIpc) is 1.41. The Morgan fingerprint density at radius 1 is 1.80 bits per heavy atom. The molecule has 0 aliphatic rings. The van der Waals surface area contributed by atoms with Gasteiger partial charge in [0.1, 0.15) is 0 Å². The molecule has 1 radical (unpaired) electrons. The van der Waals surface area contributed by atoms with Crippen molar-refractivity contribution in [1.82, 2.24) is 0 Å². The fourth-order valence-electron chi connectivity index (χ4n) is 0.0527. The third kappa shape index (κ3) is 4.99. The van der Waals surface area contributed by atoms with E-state index in [1.54, 1.807) is 0 Å². The molecule has 0 saturated carbocycles. The van der Waals surface area contributed by atoms with Crippen molar-refractivity contribution < 1.29 is 0 Å². The van der Waals surface area contributed by atoms with Crippen LogP contribution in [0.2, 0.25) is 0 Å². The van der Waals surface area contributed by atoms with Crippen molar-refractivity contribution in [1.29, 1.82) is 0 Å². The summed E-state index contributed by atoms with van der Waals surface area (Å²) in [6.45, 7) is 0. The van der Waals surface area contributed by atoms with E-state index in [0.717, 1.165) is 0 Å². The minimum atomic E-state index is 0.308. The predicted octanol–water partition coefficient (Wildman–Crippen LogP) is -0.505. The first kappa shape index (κ1) is 5.99. The third-order valence-corrected chi connectivity index (χ3v) is 3.15. The van der Waals surface area contributed by atoms with Gasteiger partial charge in [0.2, 0.25) is 0 Å². The molecule has 0 aliphatic heterocycles. The van der Waals surface area contributed by atoms with Crippen LogP contribution in [0.4, 0.5) is 0 Å². The Hall–Kier alpha value is 0.987. The Balaban J connectivity index is 2.92. The molecule has 0 N–H and O–H groups in total. The predicted molar refractivity (Wildman–Crippen MR) is 29.2 cm³/mol. The molecule has 0 bridgehead atoms. The van der Waals surface area contributed by atoms with E-state index in [4.69, 9.17) is 0 Å². The van der Waals surface area contributed by atoms with Crippen molar-refractivity contribution in [3.63, 3.8) is 0 Å². The van der Waals surface area contributed by atoms with Crippen LogP contribution in [-0.4, -0.2) is 43.6 Å². The molecule has 0 heterocycles. The molecule has 0 saturated heterocycles. The van der Waals surface area contributed by atoms with Gasteiger partial charge in [0.05, 0.1) is 0 Å². The molecule has 0 rings (SSSR count). The van der Waals surface area contributed by atoms with E-state index in [1.165, 1.54) is 23.0 Å². The van der Waals surface area contributed by atoms with Crippen molar-refractivity contribution in [2.45, 2.75) is 0 Å². The van der Waals surface area contributed by atoms with Crippen LogP contribution in [-0.2, 0) is 0 Å². The normalized spacial score (nSPS) is 10.6. The van der Waals surface area contributed by atoms with Crippen LogP contribution in [0.3, 0.4) is 0 Å². The van der Waals surface area contributed by atoms with Crippen LogP contribution in [0.1, 0.15) is 0 Å². The van der Waals surface area contributed by atoms with E-state index >= 15 is 0 Å². The maximum atomic E-state index is 3.70. The quantitative estimate of drug-likeness (QED) is 0.540. The first-order valence-electron chi connectivity index (χ1n) is 1.20. The fourth-order valence-corrected chi connectivity index (χ4v) is 1.84. The Labute approximate surface area is 52.4 Å². The Morgan fingerprint density at radius 2 is 2.40 bits per heavy atom. The number of rotatable bonds is 1. The summed E-state index contributed by atoms with van der Waals surface area (Å²) in [6.07, 6.45) is 0. The van der Waals surface area contributed by atoms with Gasteiger partial charge < -0.3 is 0 Å². The molecule has 0 unspecified atom stereocenters. The van der Waals surface area contributed by atoms with E-state index in [9.17, 15) is 0 Å². The molecule has 0 fully saturated rings. The maximum absolute atomic E-state index is 3.70. The van der Waals surface area contributed by atoms with Gasteiger partial charge in [-0.2, -0.15) is 0 Å². The zero-order valence-electron chi connectivity index (χ0n) is 2.81.